The quantitative estimate of drug-likeness (QED) is 0.882. The van der Waals surface area contributed by atoms with Gasteiger partial charge in [0.25, 0.3) is 0 Å². The molecule has 100 valence electrons. The molecule has 0 bridgehead atoms. The van der Waals surface area contributed by atoms with Crippen LogP contribution < -0.4 is 15.4 Å². The molecule has 19 heavy (non-hydrogen) atoms. The Balaban J connectivity index is 2.22. The molecule has 0 spiro atoms. The molecule has 1 aliphatic heterocycles. The highest BCUT2D eigenvalue weighted by Gasteiger charge is 2.32. The average Bonchev–Trinajstić information content (AvgIpc) is 2.72. The van der Waals surface area contributed by atoms with Crippen molar-refractivity contribution in [2.24, 2.45) is 0 Å². The summed E-state index contributed by atoms with van der Waals surface area (Å²) in [6, 6.07) is 8.21. The van der Waals surface area contributed by atoms with Crippen LogP contribution in [0.3, 0.4) is 0 Å². The van der Waals surface area contributed by atoms with Gasteiger partial charge in [-0.05, 0) is 26.0 Å². The lowest BCUT2D eigenvalue weighted by molar-refractivity contribution is 0.329. The molecular formula is C15H18N2O2. The highest BCUT2D eigenvalue weighted by Crippen LogP contribution is 2.52. The van der Waals surface area contributed by atoms with E-state index in [2.05, 4.69) is 18.7 Å². The molecule has 1 aromatic heterocycles. The van der Waals surface area contributed by atoms with Gasteiger partial charge in [-0.15, -0.1) is 0 Å². The van der Waals surface area contributed by atoms with Crippen molar-refractivity contribution in [3.8, 4) is 11.7 Å². The summed E-state index contributed by atoms with van der Waals surface area (Å²) >= 11 is 0. The normalized spacial score (nSPS) is 13.2. The average molecular weight is 258 g/mol. The number of hydrogen-bond donors (Lipinski definition) is 1. The maximum absolute atomic E-state index is 6.20. The zero-order valence-electron chi connectivity index (χ0n) is 11.4. The van der Waals surface area contributed by atoms with Gasteiger partial charge in [0.2, 0.25) is 0 Å². The summed E-state index contributed by atoms with van der Waals surface area (Å²) in [6.45, 7) is 6.28. The SMILES string of the molecule is CCc1oc2c(c1N)N(C(C)C)c1ccccc1O2. The van der Waals surface area contributed by atoms with Crippen LogP contribution in [-0.4, -0.2) is 6.04 Å². The standard InChI is InChI=1S/C15H18N2O2/c1-4-11-13(16)14-15(18-11)19-12-8-6-5-7-10(12)17(14)9(2)3/h5-9H,4,16H2,1-3H3. The Morgan fingerprint density at radius 3 is 2.68 bits per heavy atom. The zero-order valence-corrected chi connectivity index (χ0v) is 11.4. The predicted molar refractivity (Wildman–Crippen MR) is 76.3 cm³/mol. The van der Waals surface area contributed by atoms with E-state index in [0.29, 0.717) is 11.6 Å². The van der Waals surface area contributed by atoms with Gasteiger partial charge < -0.3 is 19.8 Å². The number of aryl methyl sites for hydroxylation is 1. The molecule has 3 rings (SSSR count). The summed E-state index contributed by atoms with van der Waals surface area (Å²) in [5.41, 5.74) is 8.77. The van der Waals surface area contributed by atoms with Crippen molar-refractivity contribution < 1.29 is 9.15 Å². The molecule has 0 saturated carbocycles. The fraction of sp³-hybridized carbons (Fsp3) is 0.333. The Labute approximate surface area is 112 Å². The number of nitrogens with zero attached hydrogens (tertiary/aromatic N) is 1. The van der Waals surface area contributed by atoms with E-state index in [1.807, 2.05) is 31.2 Å². The van der Waals surface area contributed by atoms with Gasteiger partial charge in [-0.3, -0.25) is 0 Å². The van der Waals surface area contributed by atoms with Crippen LogP contribution in [0.1, 0.15) is 26.5 Å². The molecule has 1 aliphatic rings. The van der Waals surface area contributed by atoms with Crippen LogP contribution in [0.2, 0.25) is 0 Å². The third-order valence-electron chi connectivity index (χ3n) is 3.37. The lowest BCUT2D eigenvalue weighted by Gasteiger charge is -2.33. The molecule has 0 atom stereocenters. The predicted octanol–water partition coefficient (Wildman–Crippen LogP) is 4.08. The second kappa shape index (κ2) is 4.23. The summed E-state index contributed by atoms with van der Waals surface area (Å²) in [4.78, 5) is 2.17. The molecular weight excluding hydrogens is 240 g/mol. The van der Waals surface area contributed by atoms with Gasteiger partial charge in [0, 0.05) is 12.5 Å². The second-order valence-corrected chi connectivity index (χ2v) is 4.96. The summed E-state index contributed by atoms with van der Waals surface area (Å²) in [6.07, 6.45) is 0.754. The highest BCUT2D eigenvalue weighted by molar-refractivity contribution is 5.85. The molecule has 0 amide bonds. The number of anilines is 3. The number of para-hydroxylation sites is 2. The molecule has 2 heterocycles. The summed E-state index contributed by atoms with van der Waals surface area (Å²) in [5.74, 6) is 2.09. The van der Waals surface area contributed by atoms with E-state index in [1.54, 1.807) is 0 Å². The molecule has 4 nitrogen and oxygen atoms in total. The molecule has 2 aromatic rings. The van der Waals surface area contributed by atoms with Crippen LogP contribution in [-0.2, 0) is 6.42 Å². The third kappa shape index (κ3) is 1.67. The topological polar surface area (TPSA) is 51.6 Å². The van der Waals surface area contributed by atoms with Crippen molar-refractivity contribution in [3.63, 3.8) is 0 Å². The molecule has 0 aliphatic carbocycles. The number of hydrogen-bond acceptors (Lipinski definition) is 4. The van der Waals surface area contributed by atoms with Gasteiger partial charge in [0.05, 0.1) is 5.69 Å². The molecule has 0 fully saturated rings. The van der Waals surface area contributed by atoms with Gasteiger partial charge in [-0.1, -0.05) is 19.1 Å². The summed E-state index contributed by atoms with van der Waals surface area (Å²) in [5, 5.41) is 0. The number of nitrogen functional groups attached to an aromatic ring is 1. The van der Waals surface area contributed by atoms with Gasteiger partial charge in [-0.2, -0.15) is 0 Å². The number of ether oxygens (including phenoxy) is 1. The molecule has 2 N–H and O–H groups in total. The smallest absolute Gasteiger partial charge is 0.317 e. The van der Waals surface area contributed by atoms with E-state index in [-0.39, 0.29) is 6.04 Å². The van der Waals surface area contributed by atoms with E-state index < -0.39 is 0 Å². The first-order valence-electron chi connectivity index (χ1n) is 6.60. The minimum absolute atomic E-state index is 0.272. The minimum Gasteiger partial charge on any atom is -0.427 e. The van der Waals surface area contributed by atoms with Crippen LogP contribution in [0.4, 0.5) is 17.1 Å². The number of benzene rings is 1. The van der Waals surface area contributed by atoms with E-state index in [9.17, 15) is 0 Å². The largest absolute Gasteiger partial charge is 0.427 e. The van der Waals surface area contributed by atoms with Crippen LogP contribution in [0.25, 0.3) is 0 Å². The molecule has 0 radical (unpaired) electrons. The van der Waals surface area contributed by atoms with Crippen LogP contribution in [0, 0.1) is 0 Å². The highest BCUT2D eigenvalue weighted by atomic mass is 16.6. The van der Waals surface area contributed by atoms with Gasteiger partial charge in [-0.25, -0.2) is 0 Å². The Bertz CT molecular complexity index is 617. The monoisotopic (exact) mass is 258 g/mol. The van der Waals surface area contributed by atoms with Gasteiger partial charge >= 0.3 is 5.95 Å². The number of fused-ring (bicyclic) bond motifs is 2. The van der Waals surface area contributed by atoms with Crippen molar-refractivity contribution in [2.45, 2.75) is 33.2 Å². The van der Waals surface area contributed by atoms with E-state index in [1.165, 1.54) is 0 Å². The fourth-order valence-corrected chi connectivity index (χ4v) is 2.52. The van der Waals surface area contributed by atoms with Crippen molar-refractivity contribution in [1.29, 1.82) is 0 Å². The molecule has 1 aromatic carbocycles. The molecule has 4 heteroatoms. The molecule has 0 saturated heterocycles. The first-order valence-corrected chi connectivity index (χ1v) is 6.60. The fourth-order valence-electron chi connectivity index (χ4n) is 2.52. The summed E-state index contributed by atoms with van der Waals surface area (Å²) in [7, 11) is 0. The summed E-state index contributed by atoms with van der Waals surface area (Å²) < 4.78 is 11.6. The lowest BCUT2D eigenvalue weighted by Crippen LogP contribution is -2.28. The van der Waals surface area contributed by atoms with Crippen molar-refractivity contribution in [2.75, 3.05) is 10.6 Å². The zero-order chi connectivity index (χ0) is 13.6. The minimum atomic E-state index is 0.272. The van der Waals surface area contributed by atoms with E-state index >= 15 is 0 Å². The van der Waals surface area contributed by atoms with Crippen molar-refractivity contribution in [1.82, 2.24) is 0 Å². The third-order valence-corrected chi connectivity index (χ3v) is 3.37. The van der Waals surface area contributed by atoms with Crippen molar-refractivity contribution in [3.05, 3.63) is 30.0 Å². The Hall–Kier alpha value is -2.10. The first kappa shape index (κ1) is 12.0. The van der Waals surface area contributed by atoms with Crippen LogP contribution >= 0.6 is 0 Å². The number of nitrogens with two attached hydrogens (primary N) is 1. The lowest BCUT2D eigenvalue weighted by atomic mass is 10.1. The molecule has 0 unspecified atom stereocenters. The van der Waals surface area contributed by atoms with Gasteiger partial charge in [0.1, 0.15) is 11.4 Å². The van der Waals surface area contributed by atoms with E-state index in [0.717, 1.165) is 29.3 Å². The maximum Gasteiger partial charge on any atom is 0.317 e. The number of rotatable bonds is 2. The van der Waals surface area contributed by atoms with Crippen LogP contribution in [0.15, 0.2) is 28.7 Å². The maximum atomic E-state index is 6.20. The van der Waals surface area contributed by atoms with Crippen molar-refractivity contribution >= 4 is 17.1 Å². The first-order chi connectivity index (χ1) is 9.13. The van der Waals surface area contributed by atoms with E-state index in [4.69, 9.17) is 14.9 Å². The van der Waals surface area contributed by atoms with Crippen LogP contribution in [0.5, 0.6) is 11.7 Å². The Kier molecular flexibility index (Phi) is 2.66. The van der Waals surface area contributed by atoms with Gasteiger partial charge in [0.15, 0.2) is 11.4 Å². The Morgan fingerprint density at radius 1 is 1.26 bits per heavy atom. The second-order valence-electron chi connectivity index (χ2n) is 4.96. The number of furan rings is 1. The Morgan fingerprint density at radius 2 is 2.00 bits per heavy atom.